The van der Waals surface area contributed by atoms with E-state index in [-0.39, 0.29) is 49.0 Å². The smallest absolute Gasteiger partial charge is 0.220 e. The molecule has 0 heterocycles. The molecule has 0 radical (unpaired) electrons. The highest BCUT2D eigenvalue weighted by molar-refractivity contribution is 5.85. The molecule has 0 aliphatic rings. The van der Waals surface area contributed by atoms with E-state index in [1.54, 1.807) is 0 Å². The number of nitrogens with two attached hydrogens (primary N) is 1. The molecule has 0 saturated heterocycles. The minimum Gasteiger partial charge on any atom is -0.355 e. The SMILES string of the molecule is CC(=O)NCCNC(=O)CCC(=O)NC(CN)CC(C)C.Cl. The monoisotopic (exact) mass is 336 g/mol. The van der Waals surface area contributed by atoms with Crippen LogP contribution in [-0.4, -0.2) is 43.4 Å². The van der Waals surface area contributed by atoms with Crippen LogP contribution in [0, 0.1) is 5.92 Å². The quantitative estimate of drug-likeness (QED) is 0.418. The molecule has 0 saturated carbocycles. The summed E-state index contributed by atoms with van der Waals surface area (Å²) in [7, 11) is 0. The van der Waals surface area contributed by atoms with E-state index < -0.39 is 0 Å². The molecule has 0 aliphatic carbocycles. The molecule has 3 amide bonds. The van der Waals surface area contributed by atoms with Gasteiger partial charge in [0.25, 0.3) is 0 Å². The van der Waals surface area contributed by atoms with Gasteiger partial charge in [0, 0.05) is 45.4 Å². The van der Waals surface area contributed by atoms with E-state index >= 15 is 0 Å². The van der Waals surface area contributed by atoms with Crippen molar-refractivity contribution in [2.75, 3.05) is 19.6 Å². The molecule has 0 rings (SSSR count). The topological polar surface area (TPSA) is 113 Å². The Balaban J connectivity index is 0. The predicted octanol–water partition coefficient (Wildman–Crippen LogP) is -0.0697. The Kier molecular flexibility index (Phi) is 13.9. The summed E-state index contributed by atoms with van der Waals surface area (Å²) in [6, 6.07) is -0.0414. The second-order valence-electron chi connectivity index (χ2n) is 5.46. The normalized spacial score (nSPS) is 11.3. The molecule has 1 unspecified atom stereocenters. The maximum Gasteiger partial charge on any atom is 0.220 e. The number of amides is 3. The van der Waals surface area contributed by atoms with Crippen LogP contribution in [0.1, 0.15) is 40.0 Å². The van der Waals surface area contributed by atoms with Crippen LogP contribution in [0.4, 0.5) is 0 Å². The number of nitrogens with one attached hydrogen (secondary N) is 3. The van der Waals surface area contributed by atoms with Gasteiger partial charge in [-0.15, -0.1) is 12.4 Å². The Morgan fingerprint density at radius 2 is 1.55 bits per heavy atom. The first-order valence-corrected chi connectivity index (χ1v) is 7.35. The highest BCUT2D eigenvalue weighted by Gasteiger charge is 2.13. The minimum absolute atomic E-state index is 0. The van der Waals surface area contributed by atoms with Crippen molar-refractivity contribution in [2.24, 2.45) is 11.7 Å². The zero-order chi connectivity index (χ0) is 16.3. The first-order valence-electron chi connectivity index (χ1n) is 7.35. The second kappa shape index (κ2) is 13.3. The summed E-state index contributed by atoms with van der Waals surface area (Å²) >= 11 is 0. The van der Waals surface area contributed by atoms with Crippen LogP contribution in [-0.2, 0) is 14.4 Å². The lowest BCUT2D eigenvalue weighted by atomic mass is 10.0. The molecule has 8 heteroatoms. The highest BCUT2D eigenvalue weighted by atomic mass is 35.5. The van der Waals surface area contributed by atoms with Gasteiger partial charge >= 0.3 is 0 Å². The molecule has 5 N–H and O–H groups in total. The number of rotatable bonds is 10. The average molecular weight is 337 g/mol. The number of carbonyl (C=O) groups excluding carboxylic acids is 3. The Labute approximate surface area is 138 Å². The van der Waals surface area contributed by atoms with Crippen LogP contribution in [0.15, 0.2) is 0 Å². The number of carbonyl (C=O) groups is 3. The molecule has 130 valence electrons. The zero-order valence-corrected chi connectivity index (χ0v) is 14.4. The third-order valence-electron chi connectivity index (χ3n) is 2.81. The Morgan fingerprint density at radius 1 is 1.00 bits per heavy atom. The zero-order valence-electron chi connectivity index (χ0n) is 13.6. The molecular formula is C14H29ClN4O3. The number of hydrogen-bond acceptors (Lipinski definition) is 4. The van der Waals surface area contributed by atoms with Gasteiger partial charge in [-0.25, -0.2) is 0 Å². The molecule has 0 spiro atoms. The maximum absolute atomic E-state index is 11.7. The fourth-order valence-electron chi connectivity index (χ4n) is 1.84. The van der Waals surface area contributed by atoms with Gasteiger partial charge < -0.3 is 21.7 Å². The van der Waals surface area contributed by atoms with Gasteiger partial charge in [-0.2, -0.15) is 0 Å². The van der Waals surface area contributed by atoms with Crippen molar-refractivity contribution in [3.05, 3.63) is 0 Å². The van der Waals surface area contributed by atoms with Crippen LogP contribution < -0.4 is 21.7 Å². The molecule has 0 aliphatic heterocycles. The number of halogens is 1. The fourth-order valence-corrected chi connectivity index (χ4v) is 1.84. The summed E-state index contributed by atoms with van der Waals surface area (Å²) in [4.78, 5) is 33.8. The second-order valence-corrected chi connectivity index (χ2v) is 5.46. The summed E-state index contributed by atoms with van der Waals surface area (Å²) in [5.41, 5.74) is 5.60. The summed E-state index contributed by atoms with van der Waals surface area (Å²) in [6.07, 6.45) is 1.09. The van der Waals surface area contributed by atoms with E-state index in [9.17, 15) is 14.4 Å². The third kappa shape index (κ3) is 13.6. The highest BCUT2D eigenvalue weighted by Crippen LogP contribution is 2.04. The summed E-state index contributed by atoms with van der Waals surface area (Å²) in [5, 5.41) is 8.04. The van der Waals surface area contributed by atoms with Gasteiger partial charge in [0.1, 0.15) is 0 Å². The van der Waals surface area contributed by atoms with Gasteiger partial charge in [-0.3, -0.25) is 14.4 Å². The minimum atomic E-state index is -0.205. The molecule has 0 aromatic rings. The molecule has 0 fully saturated rings. The van der Waals surface area contributed by atoms with Gasteiger partial charge in [0.05, 0.1) is 0 Å². The molecule has 7 nitrogen and oxygen atoms in total. The average Bonchev–Trinajstić information content (AvgIpc) is 2.39. The van der Waals surface area contributed by atoms with E-state index in [1.807, 2.05) is 0 Å². The lowest BCUT2D eigenvalue weighted by Gasteiger charge is -2.18. The van der Waals surface area contributed by atoms with Crippen molar-refractivity contribution in [2.45, 2.75) is 46.1 Å². The molecular weight excluding hydrogens is 308 g/mol. The van der Waals surface area contributed by atoms with E-state index in [4.69, 9.17) is 5.73 Å². The Morgan fingerprint density at radius 3 is 2.05 bits per heavy atom. The first-order chi connectivity index (χ1) is 9.85. The van der Waals surface area contributed by atoms with Crippen molar-refractivity contribution in [1.29, 1.82) is 0 Å². The van der Waals surface area contributed by atoms with Crippen molar-refractivity contribution in [3.63, 3.8) is 0 Å². The van der Waals surface area contributed by atoms with E-state index in [2.05, 4.69) is 29.8 Å². The van der Waals surface area contributed by atoms with Crippen LogP contribution in [0.25, 0.3) is 0 Å². The van der Waals surface area contributed by atoms with E-state index in [1.165, 1.54) is 6.92 Å². The van der Waals surface area contributed by atoms with Gasteiger partial charge in [-0.1, -0.05) is 13.8 Å². The maximum atomic E-state index is 11.7. The number of hydrogen-bond donors (Lipinski definition) is 4. The van der Waals surface area contributed by atoms with E-state index in [0.717, 1.165) is 6.42 Å². The molecule has 0 aromatic heterocycles. The van der Waals surface area contributed by atoms with Crippen molar-refractivity contribution in [3.8, 4) is 0 Å². The van der Waals surface area contributed by atoms with E-state index in [0.29, 0.717) is 25.6 Å². The van der Waals surface area contributed by atoms with Crippen molar-refractivity contribution < 1.29 is 14.4 Å². The molecule has 22 heavy (non-hydrogen) atoms. The lowest BCUT2D eigenvalue weighted by Crippen LogP contribution is -2.41. The van der Waals surface area contributed by atoms with Crippen LogP contribution in [0.5, 0.6) is 0 Å². The Bertz CT molecular complexity index is 351. The van der Waals surface area contributed by atoms with Gasteiger partial charge in [0.15, 0.2) is 0 Å². The first kappa shape index (κ1) is 22.9. The predicted molar refractivity (Wildman–Crippen MR) is 88.6 cm³/mol. The molecule has 0 aromatic carbocycles. The van der Waals surface area contributed by atoms with Crippen LogP contribution >= 0.6 is 12.4 Å². The van der Waals surface area contributed by atoms with Crippen LogP contribution in [0.2, 0.25) is 0 Å². The largest absolute Gasteiger partial charge is 0.355 e. The lowest BCUT2D eigenvalue weighted by molar-refractivity contribution is -0.126. The summed E-state index contributed by atoms with van der Waals surface area (Å²) in [5.74, 6) is -0.0516. The van der Waals surface area contributed by atoms with Gasteiger partial charge in [0.2, 0.25) is 17.7 Å². The van der Waals surface area contributed by atoms with Crippen molar-refractivity contribution in [1.82, 2.24) is 16.0 Å². The Hall–Kier alpha value is -1.34. The fraction of sp³-hybridized carbons (Fsp3) is 0.786. The molecule has 1 atom stereocenters. The van der Waals surface area contributed by atoms with Crippen molar-refractivity contribution >= 4 is 30.1 Å². The molecule has 0 bridgehead atoms. The summed E-state index contributed by atoms with van der Waals surface area (Å²) in [6.45, 7) is 6.69. The summed E-state index contributed by atoms with van der Waals surface area (Å²) < 4.78 is 0. The standard InChI is InChI=1S/C14H28N4O3.ClH/c1-10(2)8-12(9-15)18-14(21)5-4-13(20)17-7-6-16-11(3)19;/h10,12H,4-9,15H2,1-3H3,(H,16,19)(H,17,20)(H,18,21);1H. The van der Waals surface area contributed by atoms with Crippen LogP contribution in [0.3, 0.4) is 0 Å². The van der Waals surface area contributed by atoms with Gasteiger partial charge in [-0.05, 0) is 12.3 Å². The third-order valence-corrected chi connectivity index (χ3v) is 2.81.